The molecule has 156 valence electrons. The summed E-state index contributed by atoms with van der Waals surface area (Å²) in [7, 11) is -2.62. The zero-order valence-electron chi connectivity index (χ0n) is 14.7. The molecule has 0 aromatic heterocycles. The summed E-state index contributed by atoms with van der Waals surface area (Å²) in [6, 6.07) is 7.79. The molecule has 0 aliphatic carbocycles. The first-order valence-corrected chi connectivity index (χ1v) is 9.68. The highest BCUT2D eigenvalue weighted by Gasteiger charge is 2.34. The second kappa shape index (κ2) is 8.80. The van der Waals surface area contributed by atoms with Gasteiger partial charge in [0.15, 0.2) is 6.61 Å². The van der Waals surface area contributed by atoms with Crippen LogP contribution in [-0.4, -0.2) is 33.9 Å². The summed E-state index contributed by atoms with van der Waals surface area (Å²) in [5.41, 5.74) is -1.98. The Labute approximate surface area is 168 Å². The van der Waals surface area contributed by atoms with Gasteiger partial charge in [-0.2, -0.15) is 13.2 Å². The van der Waals surface area contributed by atoms with Gasteiger partial charge in [-0.15, -0.1) is 0 Å². The lowest BCUT2D eigenvalue weighted by atomic mass is 10.1. The lowest BCUT2D eigenvalue weighted by Gasteiger charge is -2.15. The summed E-state index contributed by atoms with van der Waals surface area (Å²) in [4.78, 5) is 23.8. The van der Waals surface area contributed by atoms with Gasteiger partial charge >= 0.3 is 12.1 Å². The summed E-state index contributed by atoms with van der Waals surface area (Å²) in [5, 5.41) is 1.62. The minimum absolute atomic E-state index is 0.164. The number of halogens is 4. The van der Waals surface area contributed by atoms with Crippen LogP contribution in [0.2, 0.25) is 5.02 Å². The van der Waals surface area contributed by atoms with E-state index < -0.39 is 45.9 Å². The molecular formula is C17H14ClF3N2O5S. The highest BCUT2D eigenvalue weighted by Crippen LogP contribution is 2.38. The van der Waals surface area contributed by atoms with E-state index in [1.54, 1.807) is 0 Å². The number of carbonyl (C=O) groups is 2. The van der Waals surface area contributed by atoms with E-state index in [2.05, 4.69) is 4.72 Å². The number of sulfonamides is 1. The normalized spacial score (nSPS) is 11.8. The molecule has 2 aromatic carbocycles. The molecule has 29 heavy (non-hydrogen) atoms. The fourth-order valence-corrected chi connectivity index (χ4v) is 3.18. The van der Waals surface area contributed by atoms with Crippen LogP contribution in [0, 0.1) is 0 Å². The summed E-state index contributed by atoms with van der Waals surface area (Å²) >= 11 is 5.73. The van der Waals surface area contributed by atoms with Crippen molar-refractivity contribution in [2.45, 2.75) is 11.1 Å². The Balaban J connectivity index is 2.10. The number of carbonyl (C=O) groups excluding carboxylic acids is 2. The summed E-state index contributed by atoms with van der Waals surface area (Å²) < 4.78 is 69.4. The Kier molecular flexibility index (Phi) is 6.88. The maximum absolute atomic E-state index is 13.0. The van der Waals surface area contributed by atoms with Crippen molar-refractivity contribution in [1.82, 2.24) is 4.72 Å². The molecule has 2 N–H and O–H groups in total. The molecule has 0 aliphatic rings. The van der Waals surface area contributed by atoms with Gasteiger partial charge in [-0.25, -0.2) is 17.9 Å². The second-order valence-electron chi connectivity index (χ2n) is 5.52. The molecule has 0 bridgehead atoms. The SMILES string of the molecule is CNS(=O)(=O)c1cccc(C(=O)OCC(=O)Nc2c(Cl)cccc2C(F)(F)F)c1. The summed E-state index contributed by atoms with van der Waals surface area (Å²) in [6.45, 7) is -0.912. The molecule has 0 aliphatic heterocycles. The average molecular weight is 451 g/mol. The number of nitrogens with one attached hydrogen (secondary N) is 2. The van der Waals surface area contributed by atoms with Crippen LogP contribution in [0.25, 0.3) is 0 Å². The maximum atomic E-state index is 13.0. The van der Waals surface area contributed by atoms with E-state index in [0.29, 0.717) is 0 Å². The first kappa shape index (κ1) is 22.7. The van der Waals surface area contributed by atoms with E-state index >= 15 is 0 Å². The van der Waals surface area contributed by atoms with E-state index in [9.17, 15) is 31.2 Å². The number of anilines is 1. The Morgan fingerprint density at radius 3 is 2.41 bits per heavy atom. The van der Waals surface area contributed by atoms with Gasteiger partial charge in [0.05, 0.1) is 26.7 Å². The molecule has 2 rings (SSSR count). The number of para-hydroxylation sites is 1. The van der Waals surface area contributed by atoms with Crippen molar-refractivity contribution >= 4 is 39.2 Å². The largest absolute Gasteiger partial charge is 0.452 e. The molecule has 0 fully saturated rings. The molecule has 1 amide bonds. The van der Waals surface area contributed by atoms with Gasteiger partial charge in [0.2, 0.25) is 10.0 Å². The highest BCUT2D eigenvalue weighted by atomic mass is 35.5. The number of hydrogen-bond acceptors (Lipinski definition) is 5. The fraction of sp³-hybridized carbons (Fsp3) is 0.176. The Morgan fingerprint density at radius 1 is 1.14 bits per heavy atom. The fourth-order valence-electron chi connectivity index (χ4n) is 2.19. The lowest BCUT2D eigenvalue weighted by molar-refractivity contribution is -0.137. The average Bonchev–Trinajstić information content (AvgIpc) is 2.67. The van der Waals surface area contributed by atoms with Crippen LogP contribution in [0.1, 0.15) is 15.9 Å². The van der Waals surface area contributed by atoms with Crippen molar-refractivity contribution < 1.29 is 35.9 Å². The molecule has 0 radical (unpaired) electrons. The number of rotatable bonds is 6. The number of amides is 1. The van der Waals surface area contributed by atoms with Crippen LogP contribution in [0.4, 0.5) is 18.9 Å². The Hall–Kier alpha value is -2.63. The van der Waals surface area contributed by atoms with E-state index in [0.717, 1.165) is 24.3 Å². The molecule has 0 unspecified atom stereocenters. The van der Waals surface area contributed by atoms with Crippen LogP contribution in [0.3, 0.4) is 0 Å². The van der Waals surface area contributed by atoms with E-state index in [1.807, 2.05) is 5.32 Å². The number of esters is 1. The van der Waals surface area contributed by atoms with E-state index in [1.165, 1.54) is 25.2 Å². The van der Waals surface area contributed by atoms with Crippen molar-refractivity contribution in [2.24, 2.45) is 0 Å². The molecule has 12 heteroatoms. The van der Waals surface area contributed by atoms with Gasteiger partial charge in [0.25, 0.3) is 5.91 Å². The molecule has 0 atom stereocenters. The molecule has 0 heterocycles. The number of alkyl halides is 3. The van der Waals surface area contributed by atoms with Crippen LogP contribution in [0.15, 0.2) is 47.4 Å². The Bertz CT molecular complexity index is 1040. The van der Waals surface area contributed by atoms with Gasteiger partial charge < -0.3 is 10.1 Å². The summed E-state index contributed by atoms with van der Waals surface area (Å²) in [6.07, 6.45) is -4.76. The lowest BCUT2D eigenvalue weighted by Crippen LogP contribution is -2.23. The van der Waals surface area contributed by atoms with Gasteiger partial charge in [-0.05, 0) is 37.4 Å². The topological polar surface area (TPSA) is 102 Å². The van der Waals surface area contributed by atoms with Crippen LogP contribution >= 0.6 is 11.6 Å². The van der Waals surface area contributed by atoms with Gasteiger partial charge in [0.1, 0.15) is 0 Å². The number of ether oxygens (including phenoxy) is 1. The summed E-state index contributed by atoms with van der Waals surface area (Å²) in [5.74, 6) is -2.10. The van der Waals surface area contributed by atoms with E-state index in [-0.39, 0.29) is 15.5 Å². The van der Waals surface area contributed by atoms with Crippen molar-refractivity contribution in [3.8, 4) is 0 Å². The minimum atomic E-state index is -4.76. The Morgan fingerprint density at radius 2 is 1.79 bits per heavy atom. The third-order valence-corrected chi connectivity index (χ3v) is 5.29. The molecule has 0 spiro atoms. The monoisotopic (exact) mass is 450 g/mol. The molecule has 0 saturated heterocycles. The predicted molar refractivity (Wildman–Crippen MR) is 98.1 cm³/mol. The molecule has 7 nitrogen and oxygen atoms in total. The number of benzene rings is 2. The molecule has 2 aromatic rings. The van der Waals surface area contributed by atoms with Crippen LogP contribution < -0.4 is 10.0 Å². The quantitative estimate of drug-likeness (QED) is 0.659. The van der Waals surface area contributed by atoms with Gasteiger partial charge in [-0.1, -0.05) is 23.7 Å². The van der Waals surface area contributed by atoms with Crippen LogP contribution in [-0.2, 0) is 25.7 Å². The van der Waals surface area contributed by atoms with Crippen molar-refractivity contribution in [2.75, 3.05) is 19.0 Å². The smallest absolute Gasteiger partial charge is 0.418 e. The van der Waals surface area contributed by atoms with Gasteiger partial charge in [-0.3, -0.25) is 4.79 Å². The zero-order chi connectivity index (χ0) is 21.8. The molecule has 0 saturated carbocycles. The maximum Gasteiger partial charge on any atom is 0.418 e. The van der Waals surface area contributed by atoms with Crippen molar-refractivity contribution in [3.63, 3.8) is 0 Å². The first-order chi connectivity index (χ1) is 13.5. The zero-order valence-corrected chi connectivity index (χ0v) is 16.3. The van der Waals surface area contributed by atoms with Crippen molar-refractivity contribution in [3.05, 3.63) is 58.6 Å². The highest BCUT2D eigenvalue weighted by molar-refractivity contribution is 7.89. The van der Waals surface area contributed by atoms with Crippen LogP contribution in [0.5, 0.6) is 0 Å². The third-order valence-electron chi connectivity index (χ3n) is 3.57. The minimum Gasteiger partial charge on any atom is -0.452 e. The number of hydrogen-bond donors (Lipinski definition) is 2. The van der Waals surface area contributed by atoms with E-state index in [4.69, 9.17) is 16.3 Å². The predicted octanol–water partition coefficient (Wildman–Crippen LogP) is 3.06. The molecular weight excluding hydrogens is 437 g/mol. The van der Waals surface area contributed by atoms with Crippen molar-refractivity contribution in [1.29, 1.82) is 0 Å². The second-order valence-corrected chi connectivity index (χ2v) is 7.81. The first-order valence-electron chi connectivity index (χ1n) is 7.82. The standard InChI is InChI=1S/C17H14ClF3N2O5S/c1-22-29(26,27)11-5-2-4-10(8-11)16(25)28-9-14(24)23-15-12(17(19,20)21)6-3-7-13(15)18/h2-8,22H,9H2,1H3,(H,23,24). The third kappa shape index (κ3) is 5.68. The van der Waals surface area contributed by atoms with Gasteiger partial charge in [0, 0.05) is 0 Å².